The van der Waals surface area contributed by atoms with Gasteiger partial charge in [0.15, 0.2) is 11.6 Å². The van der Waals surface area contributed by atoms with Crippen molar-refractivity contribution in [3.63, 3.8) is 0 Å². The van der Waals surface area contributed by atoms with Gasteiger partial charge in [-0.3, -0.25) is 9.69 Å². The van der Waals surface area contributed by atoms with Crippen molar-refractivity contribution in [2.75, 3.05) is 40.4 Å². The van der Waals surface area contributed by atoms with Gasteiger partial charge < -0.3 is 14.4 Å². The minimum atomic E-state index is -0.845. The van der Waals surface area contributed by atoms with Crippen molar-refractivity contribution in [3.8, 4) is 0 Å². The fourth-order valence-corrected chi connectivity index (χ4v) is 2.93. The average Bonchev–Trinajstić information content (AvgIpc) is 2.49. The molecule has 25 heavy (non-hydrogen) atoms. The molecule has 1 amide bonds. The zero-order valence-corrected chi connectivity index (χ0v) is 15.2. The van der Waals surface area contributed by atoms with E-state index in [0.717, 1.165) is 6.07 Å². The predicted octanol–water partition coefficient (Wildman–Crippen LogP) is 2.05. The molecular formula is C18H26F2N2O3. The summed E-state index contributed by atoms with van der Waals surface area (Å²) in [7, 11) is 3.35. The van der Waals surface area contributed by atoms with Gasteiger partial charge in [0.05, 0.1) is 18.3 Å². The molecule has 1 atom stereocenters. The zero-order chi connectivity index (χ0) is 18.6. The molecule has 1 saturated heterocycles. The topological polar surface area (TPSA) is 42.0 Å². The van der Waals surface area contributed by atoms with Crippen molar-refractivity contribution >= 4 is 5.91 Å². The lowest BCUT2D eigenvalue weighted by Crippen LogP contribution is -2.53. The van der Waals surface area contributed by atoms with Crippen molar-refractivity contribution in [2.45, 2.75) is 32.1 Å². The lowest BCUT2D eigenvalue weighted by atomic mass is 10.0. The van der Waals surface area contributed by atoms with Gasteiger partial charge in [-0.2, -0.15) is 0 Å². The van der Waals surface area contributed by atoms with Crippen LogP contribution in [-0.4, -0.2) is 67.8 Å². The number of hydrogen-bond acceptors (Lipinski definition) is 4. The highest BCUT2D eigenvalue weighted by Crippen LogP contribution is 2.23. The van der Waals surface area contributed by atoms with Crippen molar-refractivity contribution in [1.82, 2.24) is 9.80 Å². The van der Waals surface area contributed by atoms with Crippen LogP contribution in [0.4, 0.5) is 8.78 Å². The molecule has 0 bridgehead atoms. The average molecular weight is 356 g/mol. The second-order valence-corrected chi connectivity index (χ2v) is 7.22. The molecule has 1 aliphatic rings. The SMILES string of the molecule is CN(C)C(=O)COCC1CN(Cc2ccc(F)c(F)c2)CC(C)(C)O1. The van der Waals surface area contributed by atoms with Gasteiger partial charge in [-0.15, -0.1) is 0 Å². The summed E-state index contributed by atoms with van der Waals surface area (Å²) in [5.74, 6) is -1.79. The first-order valence-electron chi connectivity index (χ1n) is 8.28. The van der Waals surface area contributed by atoms with Crippen LogP contribution in [0.3, 0.4) is 0 Å². The molecule has 140 valence electrons. The van der Waals surface area contributed by atoms with Crippen molar-refractivity contribution < 1.29 is 23.0 Å². The minimum Gasteiger partial charge on any atom is -0.369 e. The normalized spacial score (nSPS) is 20.5. The van der Waals surface area contributed by atoms with E-state index in [1.807, 2.05) is 13.8 Å². The monoisotopic (exact) mass is 356 g/mol. The van der Waals surface area contributed by atoms with Gasteiger partial charge in [0.25, 0.3) is 0 Å². The molecule has 2 rings (SSSR count). The van der Waals surface area contributed by atoms with Gasteiger partial charge in [0.2, 0.25) is 5.91 Å². The third kappa shape index (κ3) is 6.02. The number of benzene rings is 1. The summed E-state index contributed by atoms with van der Waals surface area (Å²) in [5.41, 5.74) is 0.315. The Hall–Kier alpha value is -1.57. The van der Waals surface area contributed by atoms with Gasteiger partial charge >= 0.3 is 0 Å². The standard InChI is InChI=1S/C18H26F2N2O3/c1-18(2)12-22(8-13-5-6-15(19)16(20)7-13)9-14(25-18)10-24-11-17(23)21(3)4/h5-7,14H,8-12H2,1-4H3. The van der Waals surface area contributed by atoms with Gasteiger partial charge in [-0.05, 0) is 31.5 Å². The number of halogens is 2. The largest absolute Gasteiger partial charge is 0.369 e. The molecule has 5 nitrogen and oxygen atoms in total. The first-order chi connectivity index (χ1) is 11.7. The van der Waals surface area contributed by atoms with Crippen LogP contribution in [0, 0.1) is 11.6 Å². The maximum Gasteiger partial charge on any atom is 0.248 e. The van der Waals surface area contributed by atoms with E-state index < -0.39 is 17.2 Å². The highest BCUT2D eigenvalue weighted by molar-refractivity contribution is 5.76. The molecule has 1 aromatic carbocycles. The van der Waals surface area contributed by atoms with Crippen LogP contribution in [-0.2, 0) is 20.8 Å². The molecule has 0 aromatic heterocycles. The quantitative estimate of drug-likeness (QED) is 0.782. The van der Waals surface area contributed by atoms with Gasteiger partial charge in [-0.1, -0.05) is 6.07 Å². The molecule has 0 N–H and O–H groups in total. The minimum absolute atomic E-state index is 0.0104. The zero-order valence-electron chi connectivity index (χ0n) is 15.2. The van der Waals surface area contributed by atoms with E-state index in [1.54, 1.807) is 20.2 Å². The summed E-state index contributed by atoms with van der Waals surface area (Å²) in [4.78, 5) is 15.2. The Bertz CT molecular complexity index is 608. The van der Waals surface area contributed by atoms with E-state index >= 15 is 0 Å². The molecule has 1 aromatic rings. The highest BCUT2D eigenvalue weighted by atomic mass is 19.2. The Labute approximate surface area is 147 Å². The molecule has 0 radical (unpaired) electrons. The molecule has 1 heterocycles. The Balaban J connectivity index is 1.93. The Morgan fingerprint density at radius 1 is 1.36 bits per heavy atom. The second kappa shape index (κ2) is 8.21. The number of carbonyl (C=O) groups excluding carboxylic acids is 1. The number of carbonyl (C=O) groups is 1. The smallest absolute Gasteiger partial charge is 0.248 e. The van der Waals surface area contributed by atoms with Crippen molar-refractivity contribution in [3.05, 3.63) is 35.4 Å². The molecule has 0 aliphatic carbocycles. The van der Waals surface area contributed by atoms with Crippen LogP contribution in [0.25, 0.3) is 0 Å². The van der Waals surface area contributed by atoms with E-state index in [4.69, 9.17) is 9.47 Å². The number of nitrogens with zero attached hydrogens (tertiary/aromatic N) is 2. The molecular weight excluding hydrogens is 330 g/mol. The van der Waals surface area contributed by atoms with Gasteiger partial charge in [-0.25, -0.2) is 8.78 Å². The van der Waals surface area contributed by atoms with E-state index in [0.29, 0.717) is 31.8 Å². The van der Waals surface area contributed by atoms with Crippen LogP contribution >= 0.6 is 0 Å². The third-order valence-electron chi connectivity index (χ3n) is 3.97. The second-order valence-electron chi connectivity index (χ2n) is 7.22. The number of likely N-dealkylation sites (N-methyl/N-ethyl adjacent to an activating group) is 1. The number of amides is 1. The summed E-state index contributed by atoms with van der Waals surface area (Å²) in [5, 5.41) is 0. The molecule has 0 saturated carbocycles. The Morgan fingerprint density at radius 2 is 2.08 bits per heavy atom. The molecule has 1 fully saturated rings. The highest BCUT2D eigenvalue weighted by Gasteiger charge is 2.33. The van der Waals surface area contributed by atoms with Crippen LogP contribution < -0.4 is 0 Å². The summed E-state index contributed by atoms with van der Waals surface area (Å²) in [6.07, 6.45) is -0.191. The van der Waals surface area contributed by atoms with E-state index in [1.165, 1.54) is 11.0 Å². The van der Waals surface area contributed by atoms with Gasteiger partial charge in [0, 0.05) is 33.7 Å². The first-order valence-corrected chi connectivity index (χ1v) is 8.28. The number of hydrogen-bond donors (Lipinski definition) is 0. The summed E-state index contributed by atoms with van der Waals surface area (Å²) < 4.78 is 37.9. The third-order valence-corrected chi connectivity index (χ3v) is 3.97. The fraction of sp³-hybridized carbons (Fsp3) is 0.611. The molecule has 0 spiro atoms. The summed E-state index contributed by atoms with van der Waals surface area (Å²) in [6, 6.07) is 3.95. The van der Waals surface area contributed by atoms with E-state index in [-0.39, 0.29) is 18.6 Å². The Kier molecular flexibility index (Phi) is 6.48. The molecule has 1 aliphatic heterocycles. The summed E-state index contributed by atoms with van der Waals surface area (Å²) in [6.45, 7) is 6.02. The van der Waals surface area contributed by atoms with Crippen LogP contribution in [0.1, 0.15) is 19.4 Å². The lowest BCUT2D eigenvalue weighted by molar-refractivity contribution is -0.161. The molecule has 1 unspecified atom stereocenters. The fourth-order valence-electron chi connectivity index (χ4n) is 2.93. The number of rotatable bonds is 6. The van der Waals surface area contributed by atoms with Gasteiger partial charge in [0.1, 0.15) is 6.61 Å². The van der Waals surface area contributed by atoms with E-state index in [9.17, 15) is 13.6 Å². The maximum absolute atomic E-state index is 13.4. The van der Waals surface area contributed by atoms with Crippen LogP contribution in [0.2, 0.25) is 0 Å². The van der Waals surface area contributed by atoms with Crippen molar-refractivity contribution in [1.29, 1.82) is 0 Å². The first kappa shape index (κ1) is 19.8. The van der Waals surface area contributed by atoms with Crippen LogP contribution in [0.15, 0.2) is 18.2 Å². The summed E-state index contributed by atoms with van der Waals surface area (Å²) >= 11 is 0. The number of morpholine rings is 1. The lowest BCUT2D eigenvalue weighted by Gasteiger charge is -2.42. The Morgan fingerprint density at radius 3 is 2.72 bits per heavy atom. The van der Waals surface area contributed by atoms with Crippen molar-refractivity contribution in [2.24, 2.45) is 0 Å². The molecule has 7 heteroatoms. The predicted molar refractivity (Wildman–Crippen MR) is 90.1 cm³/mol. The number of ether oxygens (including phenoxy) is 2. The van der Waals surface area contributed by atoms with Crippen LogP contribution in [0.5, 0.6) is 0 Å². The van der Waals surface area contributed by atoms with E-state index in [2.05, 4.69) is 4.90 Å². The maximum atomic E-state index is 13.4.